The van der Waals surface area contributed by atoms with Crippen molar-refractivity contribution >= 4 is 17.1 Å². The van der Waals surface area contributed by atoms with E-state index in [0.29, 0.717) is 30.2 Å². The molecule has 0 saturated carbocycles. The third kappa shape index (κ3) is 8.59. The summed E-state index contributed by atoms with van der Waals surface area (Å²) in [4.78, 5) is 26.7. The molecule has 39 heavy (non-hydrogen) atoms. The molecular weight excluding hydrogens is 492 g/mol. The first-order valence-corrected chi connectivity index (χ1v) is 14.5. The van der Waals surface area contributed by atoms with Gasteiger partial charge in [0.05, 0.1) is 6.61 Å². The number of nitrogens with one attached hydrogen (secondary N) is 1. The van der Waals surface area contributed by atoms with Gasteiger partial charge in [-0.15, -0.1) is 0 Å². The molecule has 0 spiro atoms. The minimum Gasteiger partial charge on any atom is -0.493 e. The summed E-state index contributed by atoms with van der Waals surface area (Å²) in [5, 5.41) is 3.87. The van der Waals surface area contributed by atoms with Gasteiger partial charge < -0.3 is 24.1 Å². The molecule has 4 rings (SSSR count). The van der Waals surface area contributed by atoms with Crippen LogP contribution in [-0.2, 0) is 19.4 Å². The summed E-state index contributed by atoms with van der Waals surface area (Å²) in [6.45, 7) is 4.98. The normalized spacial score (nSPS) is 12.9. The topological polar surface area (TPSA) is 81.0 Å². The smallest absolute Gasteiger partial charge is 0.412 e. The van der Waals surface area contributed by atoms with E-state index in [1.165, 1.54) is 19.3 Å². The summed E-state index contributed by atoms with van der Waals surface area (Å²) in [7, 11) is 2.06. The molecule has 7 heteroatoms. The number of nitrogens with zero attached hydrogens (tertiary/aromatic N) is 1. The van der Waals surface area contributed by atoms with Crippen molar-refractivity contribution in [2.75, 3.05) is 26.7 Å². The molecule has 0 aliphatic heterocycles. The summed E-state index contributed by atoms with van der Waals surface area (Å²) in [6, 6.07) is 13.5. The number of hydrogen-bond acceptors (Lipinski definition) is 6. The lowest BCUT2D eigenvalue weighted by Crippen LogP contribution is -2.27. The molecule has 0 saturated heterocycles. The van der Waals surface area contributed by atoms with E-state index in [4.69, 9.17) is 13.9 Å². The quantitative estimate of drug-likeness (QED) is 0.185. The fraction of sp³-hybridized carbons (Fsp3) is 0.500. The Morgan fingerprint density at radius 1 is 0.974 bits per heavy atom. The Hall–Kier alpha value is -3.32. The van der Waals surface area contributed by atoms with Gasteiger partial charge in [-0.25, -0.2) is 9.59 Å². The van der Waals surface area contributed by atoms with E-state index in [1.54, 1.807) is 6.07 Å². The predicted octanol–water partition coefficient (Wildman–Crippen LogP) is 6.63. The number of hydrogen-bond donors (Lipinski definition) is 1. The van der Waals surface area contributed by atoms with Crippen LogP contribution in [0.25, 0.3) is 11.0 Å². The standard InChI is InChI=1S/C32H42N2O5/c1-3-4-5-6-9-18-33-32(36)38-26-13-10-12-24(21-26)23-34(2)19-11-20-37-25-16-17-28-27-14-7-8-15-29(27)31(35)39-30(28)22-25/h10,12-13,16-17,21-22H,3-9,11,14-15,18-20,23H2,1-2H3,(H,33,36). The number of carbonyl (C=O) groups excluding carboxylic acids is 1. The van der Waals surface area contributed by atoms with Gasteiger partial charge >= 0.3 is 11.7 Å². The molecule has 1 heterocycles. The molecule has 2 aromatic carbocycles. The predicted molar refractivity (Wildman–Crippen MR) is 155 cm³/mol. The maximum atomic E-state index is 12.4. The zero-order valence-corrected chi connectivity index (χ0v) is 23.4. The maximum absolute atomic E-state index is 12.4. The molecule has 210 valence electrons. The van der Waals surface area contributed by atoms with Gasteiger partial charge in [-0.1, -0.05) is 44.7 Å². The van der Waals surface area contributed by atoms with E-state index in [9.17, 15) is 9.59 Å². The zero-order chi connectivity index (χ0) is 27.5. The lowest BCUT2D eigenvalue weighted by Gasteiger charge is -2.18. The second-order valence-corrected chi connectivity index (χ2v) is 10.5. The van der Waals surface area contributed by atoms with E-state index in [0.717, 1.165) is 80.1 Å². The molecule has 0 unspecified atom stereocenters. The van der Waals surface area contributed by atoms with Crippen LogP contribution in [0.2, 0.25) is 0 Å². The maximum Gasteiger partial charge on any atom is 0.412 e. The Bertz CT molecular complexity index is 1290. The van der Waals surface area contributed by atoms with Gasteiger partial charge in [-0.2, -0.15) is 0 Å². The summed E-state index contributed by atoms with van der Waals surface area (Å²) >= 11 is 0. The highest BCUT2D eigenvalue weighted by atomic mass is 16.6. The number of amides is 1. The molecule has 3 aromatic rings. The highest BCUT2D eigenvalue weighted by molar-refractivity contribution is 5.82. The van der Waals surface area contributed by atoms with Gasteiger partial charge in [0.1, 0.15) is 17.1 Å². The average molecular weight is 535 g/mol. The van der Waals surface area contributed by atoms with Crippen LogP contribution in [0.15, 0.2) is 51.7 Å². The Morgan fingerprint density at radius 3 is 2.64 bits per heavy atom. The van der Waals surface area contributed by atoms with Crippen molar-refractivity contribution in [2.24, 2.45) is 0 Å². The second-order valence-electron chi connectivity index (χ2n) is 10.5. The Labute approximate surface area is 231 Å². The van der Waals surface area contributed by atoms with Crippen molar-refractivity contribution in [1.82, 2.24) is 10.2 Å². The third-order valence-corrected chi connectivity index (χ3v) is 7.26. The first kappa shape index (κ1) is 28.7. The Balaban J connectivity index is 1.18. The van der Waals surface area contributed by atoms with Crippen LogP contribution in [0.3, 0.4) is 0 Å². The van der Waals surface area contributed by atoms with Crippen molar-refractivity contribution in [3.8, 4) is 11.5 Å². The lowest BCUT2D eigenvalue weighted by molar-refractivity contribution is 0.200. The molecule has 1 amide bonds. The van der Waals surface area contributed by atoms with E-state index >= 15 is 0 Å². The third-order valence-electron chi connectivity index (χ3n) is 7.26. The minimum absolute atomic E-state index is 0.205. The summed E-state index contributed by atoms with van der Waals surface area (Å²) in [5.41, 5.74) is 3.48. The van der Waals surface area contributed by atoms with E-state index in [2.05, 4.69) is 24.2 Å². The Kier molecular flexibility index (Phi) is 10.8. The molecule has 0 radical (unpaired) electrons. The van der Waals surface area contributed by atoms with Crippen molar-refractivity contribution in [3.63, 3.8) is 0 Å². The lowest BCUT2D eigenvalue weighted by atomic mass is 9.91. The van der Waals surface area contributed by atoms with Crippen molar-refractivity contribution in [2.45, 2.75) is 77.7 Å². The number of benzene rings is 2. The highest BCUT2D eigenvalue weighted by Gasteiger charge is 2.18. The van der Waals surface area contributed by atoms with Crippen molar-refractivity contribution < 1.29 is 18.7 Å². The van der Waals surface area contributed by atoms with Gasteiger partial charge in [0, 0.05) is 36.7 Å². The van der Waals surface area contributed by atoms with Crippen molar-refractivity contribution in [3.05, 3.63) is 69.6 Å². The first-order chi connectivity index (χ1) is 19.0. The summed E-state index contributed by atoms with van der Waals surface area (Å²) in [5.74, 6) is 1.27. The van der Waals surface area contributed by atoms with Gasteiger partial charge in [-0.3, -0.25) is 0 Å². The molecule has 0 bridgehead atoms. The fourth-order valence-electron chi connectivity index (χ4n) is 5.20. The van der Waals surface area contributed by atoms with E-state index < -0.39 is 6.09 Å². The van der Waals surface area contributed by atoms with Crippen LogP contribution in [0.4, 0.5) is 4.79 Å². The number of carbonyl (C=O) groups is 1. The molecular formula is C32H42N2O5. The van der Waals surface area contributed by atoms with Crippen LogP contribution in [0.1, 0.15) is 75.0 Å². The number of ether oxygens (including phenoxy) is 2. The van der Waals surface area contributed by atoms with Gasteiger partial charge in [0.15, 0.2) is 0 Å². The second kappa shape index (κ2) is 14.7. The number of aryl methyl sites for hydroxylation is 1. The van der Waals surface area contributed by atoms with Gasteiger partial charge in [0.2, 0.25) is 0 Å². The van der Waals surface area contributed by atoms with Gasteiger partial charge in [0.25, 0.3) is 0 Å². The minimum atomic E-state index is -0.402. The van der Waals surface area contributed by atoms with Gasteiger partial charge in [-0.05, 0) is 81.0 Å². The fourth-order valence-corrected chi connectivity index (χ4v) is 5.20. The summed E-state index contributed by atoms with van der Waals surface area (Å²) in [6.07, 6.45) is 10.1. The monoisotopic (exact) mass is 534 g/mol. The average Bonchev–Trinajstić information content (AvgIpc) is 2.93. The highest BCUT2D eigenvalue weighted by Crippen LogP contribution is 2.29. The largest absolute Gasteiger partial charge is 0.493 e. The van der Waals surface area contributed by atoms with Crippen molar-refractivity contribution in [1.29, 1.82) is 0 Å². The van der Waals surface area contributed by atoms with Crippen LogP contribution in [-0.4, -0.2) is 37.7 Å². The van der Waals surface area contributed by atoms with E-state index in [-0.39, 0.29) is 5.63 Å². The Morgan fingerprint density at radius 2 is 1.79 bits per heavy atom. The van der Waals surface area contributed by atoms with Crippen LogP contribution < -0.4 is 20.4 Å². The van der Waals surface area contributed by atoms with Crippen LogP contribution in [0.5, 0.6) is 11.5 Å². The zero-order valence-electron chi connectivity index (χ0n) is 23.4. The van der Waals surface area contributed by atoms with Crippen LogP contribution >= 0.6 is 0 Å². The molecule has 1 N–H and O–H groups in total. The number of rotatable bonds is 14. The first-order valence-electron chi connectivity index (χ1n) is 14.5. The molecule has 7 nitrogen and oxygen atoms in total. The molecule has 0 atom stereocenters. The molecule has 1 aliphatic carbocycles. The van der Waals surface area contributed by atoms with E-state index in [1.807, 2.05) is 36.4 Å². The summed E-state index contributed by atoms with van der Waals surface area (Å²) < 4.78 is 17.0. The van der Waals surface area contributed by atoms with Crippen LogP contribution in [0, 0.1) is 0 Å². The molecule has 1 aliphatic rings. The number of fused-ring (bicyclic) bond motifs is 3. The molecule has 0 fully saturated rings. The number of unbranched alkanes of at least 4 members (excludes halogenated alkanes) is 4. The molecule has 1 aromatic heterocycles. The SMILES string of the molecule is CCCCCCCNC(=O)Oc1cccc(CN(C)CCCOc2ccc3c4c(c(=O)oc3c2)CCCC4)c1.